The maximum absolute atomic E-state index is 13.5. The number of rotatable bonds is 7. The van der Waals surface area contributed by atoms with Crippen molar-refractivity contribution in [2.24, 2.45) is 0 Å². The molecule has 0 spiro atoms. The largest absolute Gasteiger partial charge is 0.650 e. The molecule has 0 bridgehead atoms. The van der Waals surface area contributed by atoms with Crippen LogP contribution in [-0.4, -0.2) is 34.9 Å². The first-order valence-corrected chi connectivity index (χ1v) is 10.2. The smallest absolute Gasteiger partial charge is 0.493 e. The number of benzene rings is 1. The van der Waals surface area contributed by atoms with Crippen molar-refractivity contribution in [1.29, 1.82) is 0 Å². The summed E-state index contributed by atoms with van der Waals surface area (Å²) >= 11 is 0. The summed E-state index contributed by atoms with van der Waals surface area (Å²) in [4.78, 5) is 6.88. The lowest BCUT2D eigenvalue weighted by molar-refractivity contribution is 0.275. The Morgan fingerprint density at radius 1 is 0.867 bits per heavy atom. The molecule has 0 aliphatic carbocycles. The Labute approximate surface area is 169 Å². The average Bonchev–Trinajstić information content (AvgIpc) is 3.51. The first kappa shape index (κ1) is 18.0. The summed E-state index contributed by atoms with van der Waals surface area (Å²) in [5.74, 6) is 0.105. The average molecular weight is 426 g/mol. The van der Waals surface area contributed by atoms with Gasteiger partial charge in [0.15, 0.2) is 0 Å². The van der Waals surface area contributed by atoms with E-state index in [1.54, 1.807) is 54.9 Å². The number of fused-ring (bicyclic) bond motifs is 1. The van der Waals surface area contributed by atoms with Crippen molar-refractivity contribution in [3.8, 4) is 23.5 Å². The topological polar surface area (TPSA) is 132 Å². The molecule has 1 aromatic carbocycles. The molecule has 152 valence electrons. The van der Waals surface area contributed by atoms with Gasteiger partial charge in [-0.25, -0.2) is 0 Å². The molecule has 11 nitrogen and oxygen atoms in total. The summed E-state index contributed by atoms with van der Waals surface area (Å²) in [6, 6.07) is 16.4. The number of nitrogens with zero attached hydrogens (tertiary/aromatic N) is 4. The summed E-state index contributed by atoms with van der Waals surface area (Å²) < 4.78 is 31.3. The van der Waals surface area contributed by atoms with Gasteiger partial charge < -0.3 is 28.6 Å². The minimum Gasteiger partial charge on any atom is -0.493 e. The van der Waals surface area contributed by atoms with Gasteiger partial charge in [-0.1, -0.05) is 12.1 Å². The predicted octanol–water partition coefficient (Wildman–Crippen LogP) is 3.55. The van der Waals surface area contributed by atoms with Crippen LogP contribution < -0.4 is 13.6 Å². The van der Waals surface area contributed by atoms with Crippen LogP contribution in [0.4, 0.5) is 0 Å². The molecule has 0 unspecified atom stereocenters. The minimum absolute atomic E-state index is 0.0374. The van der Waals surface area contributed by atoms with E-state index in [1.165, 1.54) is 21.6 Å². The van der Waals surface area contributed by atoms with Gasteiger partial charge in [-0.2, -0.15) is 9.24 Å². The lowest BCUT2D eigenvalue weighted by Gasteiger charge is -2.18. The first-order chi connectivity index (χ1) is 14.6. The number of aromatic nitrogens is 6. The molecule has 0 fully saturated rings. The monoisotopic (exact) mass is 426 g/mol. The maximum Gasteiger partial charge on any atom is 0.650 e. The standard InChI is InChI=1S/C18H15N6O5P/c25-17-9-10-18(23(17)24-14-6-2-1-5-13(14)21-22-24)29-30(26,27-15-7-3-11-19-15)28-16-8-4-12-20-16/h1-12,19-20,25H. The van der Waals surface area contributed by atoms with Gasteiger partial charge >= 0.3 is 7.82 Å². The fourth-order valence-electron chi connectivity index (χ4n) is 2.82. The highest BCUT2D eigenvalue weighted by Crippen LogP contribution is 2.49. The molecule has 0 aliphatic rings. The van der Waals surface area contributed by atoms with Crippen molar-refractivity contribution >= 4 is 18.9 Å². The summed E-state index contributed by atoms with van der Waals surface area (Å²) in [6.07, 6.45) is 3.20. The van der Waals surface area contributed by atoms with E-state index in [0.717, 1.165) is 0 Å². The molecule has 30 heavy (non-hydrogen) atoms. The lowest BCUT2D eigenvalue weighted by Crippen LogP contribution is -2.15. The van der Waals surface area contributed by atoms with Crippen LogP contribution in [0.25, 0.3) is 11.0 Å². The highest BCUT2D eigenvalue weighted by molar-refractivity contribution is 7.49. The van der Waals surface area contributed by atoms with Crippen molar-refractivity contribution in [1.82, 2.24) is 29.7 Å². The molecule has 5 aromatic rings. The van der Waals surface area contributed by atoms with E-state index < -0.39 is 7.82 Å². The molecule has 0 saturated carbocycles. The summed E-state index contributed by atoms with van der Waals surface area (Å²) in [6.45, 7) is 0. The van der Waals surface area contributed by atoms with E-state index in [1.807, 2.05) is 6.07 Å². The molecule has 5 rings (SSSR count). The fourth-order valence-corrected chi connectivity index (χ4v) is 4.00. The summed E-state index contributed by atoms with van der Waals surface area (Å²) in [7, 11) is -4.25. The maximum atomic E-state index is 13.5. The molecule has 0 atom stereocenters. The van der Waals surface area contributed by atoms with Crippen LogP contribution in [0.3, 0.4) is 0 Å². The Kier molecular flexibility index (Phi) is 4.22. The van der Waals surface area contributed by atoms with Gasteiger partial charge in [-0.15, -0.1) is 9.89 Å². The quantitative estimate of drug-likeness (QED) is 0.339. The number of para-hydroxylation sites is 1. The number of phosphoric ester groups is 1. The number of phosphoric acid groups is 1. The van der Waals surface area contributed by atoms with Gasteiger partial charge in [-0.3, -0.25) is 0 Å². The van der Waals surface area contributed by atoms with Gasteiger partial charge in [0.25, 0.3) is 0 Å². The molecule has 3 N–H and O–H groups in total. The highest BCUT2D eigenvalue weighted by Gasteiger charge is 2.36. The normalized spacial score (nSPS) is 11.6. The van der Waals surface area contributed by atoms with Crippen molar-refractivity contribution in [2.45, 2.75) is 0 Å². The molecule has 0 saturated heterocycles. The Bertz CT molecular complexity index is 1280. The Balaban J connectivity index is 1.55. The number of hydrogen-bond donors (Lipinski definition) is 3. The van der Waals surface area contributed by atoms with E-state index in [-0.39, 0.29) is 23.5 Å². The number of nitrogens with one attached hydrogen (secondary N) is 2. The molecule has 12 heteroatoms. The zero-order valence-corrected chi connectivity index (χ0v) is 16.1. The fraction of sp³-hybridized carbons (Fsp3) is 0. The zero-order valence-electron chi connectivity index (χ0n) is 15.2. The van der Waals surface area contributed by atoms with Crippen LogP contribution in [0.15, 0.2) is 73.1 Å². The van der Waals surface area contributed by atoms with Crippen LogP contribution in [0.5, 0.6) is 23.5 Å². The van der Waals surface area contributed by atoms with Crippen LogP contribution in [0.1, 0.15) is 0 Å². The van der Waals surface area contributed by atoms with Gasteiger partial charge in [0.2, 0.25) is 23.5 Å². The van der Waals surface area contributed by atoms with Crippen LogP contribution in [0.2, 0.25) is 0 Å². The van der Waals surface area contributed by atoms with Gasteiger partial charge in [0.05, 0.1) is 0 Å². The molecule has 0 amide bonds. The van der Waals surface area contributed by atoms with E-state index >= 15 is 0 Å². The van der Waals surface area contributed by atoms with Gasteiger partial charge in [0, 0.05) is 36.7 Å². The third kappa shape index (κ3) is 3.27. The van der Waals surface area contributed by atoms with Crippen molar-refractivity contribution < 1.29 is 23.2 Å². The summed E-state index contributed by atoms with van der Waals surface area (Å²) in [5.41, 5.74) is 1.20. The Morgan fingerprint density at radius 2 is 1.57 bits per heavy atom. The van der Waals surface area contributed by atoms with Crippen molar-refractivity contribution in [3.05, 3.63) is 73.1 Å². The van der Waals surface area contributed by atoms with Crippen molar-refractivity contribution in [3.63, 3.8) is 0 Å². The van der Waals surface area contributed by atoms with E-state index in [9.17, 15) is 9.67 Å². The number of aromatic amines is 2. The zero-order chi connectivity index (χ0) is 20.6. The summed E-state index contributed by atoms with van der Waals surface area (Å²) in [5, 5.41) is 18.5. The number of aromatic hydroxyl groups is 1. The Morgan fingerprint density at radius 3 is 2.23 bits per heavy atom. The van der Waals surface area contributed by atoms with Gasteiger partial charge in [0.1, 0.15) is 11.0 Å². The molecule has 0 radical (unpaired) electrons. The molecular weight excluding hydrogens is 411 g/mol. The molecular formula is C18H15N6O5P. The Hall–Kier alpha value is -4.11. The third-order valence-electron chi connectivity index (χ3n) is 4.09. The van der Waals surface area contributed by atoms with E-state index in [4.69, 9.17) is 13.6 Å². The minimum atomic E-state index is -4.25. The molecule has 4 aromatic heterocycles. The number of H-pyrrole nitrogens is 2. The molecule has 0 aliphatic heterocycles. The third-order valence-corrected chi connectivity index (χ3v) is 5.34. The lowest BCUT2D eigenvalue weighted by atomic mass is 10.3. The van der Waals surface area contributed by atoms with Crippen molar-refractivity contribution in [2.75, 3.05) is 0 Å². The number of hydrogen-bond acceptors (Lipinski definition) is 7. The second-order valence-corrected chi connectivity index (χ2v) is 7.54. The first-order valence-electron chi connectivity index (χ1n) is 8.79. The van der Waals surface area contributed by atoms with Crippen LogP contribution in [-0.2, 0) is 4.57 Å². The van der Waals surface area contributed by atoms with Crippen LogP contribution in [0, 0.1) is 0 Å². The second-order valence-electron chi connectivity index (χ2n) is 6.10. The van der Waals surface area contributed by atoms with E-state index in [2.05, 4.69) is 20.3 Å². The van der Waals surface area contributed by atoms with Crippen LogP contribution >= 0.6 is 7.82 Å². The van der Waals surface area contributed by atoms with Gasteiger partial charge in [-0.05, 0) is 29.5 Å². The SMILES string of the molecule is O=P(Oc1ccc[nH]1)(Oc1ccc[nH]1)Oc1ccc(O)n1-n1nnc2ccccc21. The van der Waals surface area contributed by atoms with E-state index in [0.29, 0.717) is 11.0 Å². The molecule has 4 heterocycles. The predicted molar refractivity (Wildman–Crippen MR) is 105 cm³/mol. The highest BCUT2D eigenvalue weighted by atomic mass is 31.2. The second kappa shape index (κ2) is 7.05.